The Morgan fingerprint density at radius 1 is 0.926 bits per heavy atom. The number of fused-ring (bicyclic) bond motifs is 1. The van der Waals surface area contributed by atoms with Crippen LogP contribution in [-0.4, -0.2) is 23.0 Å². The first-order valence-electron chi connectivity index (χ1n) is 7.75. The van der Waals surface area contributed by atoms with Gasteiger partial charge >= 0.3 is 0 Å². The molecule has 0 aliphatic heterocycles. The van der Waals surface area contributed by atoms with Gasteiger partial charge in [-0.2, -0.15) is 0 Å². The van der Waals surface area contributed by atoms with Gasteiger partial charge in [0.05, 0.1) is 10.3 Å². The molecule has 136 valence electrons. The SMILES string of the molecule is NS(=O)(=O)c1ccc(-n2cc(-c3ccc(Cl)cc3)c3c(Cl)ncnc32)cc1. The quantitative estimate of drug-likeness (QED) is 0.508. The molecule has 2 aromatic heterocycles. The van der Waals surface area contributed by atoms with Crippen molar-refractivity contribution in [2.45, 2.75) is 4.90 Å². The smallest absolute Gasteiger partial charge is 0.238 e. The summed E-state index contributed by atoms with van der Waals surface area (Å²) in [5, 5.41) is 6.81. The molecule has 0 fully saturated rings. The predicted octanol–water partition coefficient (Wildman–Crippen LogP) is 4.04. The van der Waals surface area contributed by atoms with Gasteiger partial charge in [0, 0.05) is 22.5 Å². The Bertz CT molecular complexity index is 1250. The van der Waals surface area contributed by atoms with E-state index < -0.39 is 10.0 Å². The third-order valence-corrected chi connectivity index (χ3v) is 5.60. The molecule has 0 spiro atoms. The van der Waals surface area contributed by atoms with Gasteiger partial charge in [-0.3, -0.25) is 0 Å². The van der Waals surface area contributed by atoms with E-state index in [2.05, 4.69) is 9.97 Å². The fourth-order valence-electron chi connectivity index (χ4n) is 2.87. The van der Waals surface area contributed by atoms with Crippen LogP contribution in [-0.2, 0) is 10.0 Å². The molecule has 6 nitrogen and oxygen atoms in total. The molecule has 0 aliphatic carbocycles. The van der Waals surface area contributed by atoms with Crippen LogP contribution in [0.3, 0.4) is 0 Å². The third kappa shape index (κ3) is 3.30. The number of rotatable bonds is 3. The van der Waals surface area contributed by atoms with Crippen LogP contribution in [0.25, 0.3) is 27.8 Å². The Labute approximate surface area is 165 Å². The maximum absolute atomic E-state index is 11.5. The molecule has 2 heterocycles. The van der Waals surface area contributed by atoms with Gasteiger partial charge in [0.1, 0.15) is 17.1 Å². The minimum absolute atomic E-state index is 0.0355. The average molecular weight is 419 g/mol. The van der Waals surface area contributed by atoms with Gasteiger partial charge in [-0.05, 0) is 42.0 Å². The monoisotopic (exact) mass is 418 g/mol. The van der Waals surface area contributed by atoms with E-state index in [4.69, 9.17) is 28.3 Å². The zero-order chi connectivity index (χ0) is 19.2. The molecule has 0 saturated carbocycles. The largest absolute Gasteiger partial charge is 0.301 e. The van der Waals surface area contributed by atoms with E-state index in [0.29, 0.717) is 26.9 Å². The molecule has 0 radical (unpaired) electrons. The second kappa shape index (κ2) is 6.61. The summed E-state index contributed by atoms with van der Waals surface area (Å²) in [6, 6.07) is 13.5. The molecule has 0 aliphatic rings. The van der Waals surface area contributed by atoms with Crippen LogP contribution in [0.4, 0.5) is 0 Å². The first-order valence-corrected chi connectivity index (χ1v) is 10.1. The van der Waals surface area contributed by atoms with Gasteiger partial charge in [0.25, 0.3) is 0 Å². The minimum atomic E-state index is -3.76. The van der Waals surface area contributed by atoms with Crippen molar-refractivity contribution in [3.63, 3.8) is 0 Å². The van der Waals surface area contributed by atoms with Gasteiger partial charge in [-0.1, -0.05) is 35.3 Å². The molecular formula is C18H12Cl2N4O2S. The topological polar surface area (TPSA) is 90.9 Å². The molecule has 0 atom stereocenters. The summed E-state index contributed by atoms with van der Waals surface area (Å²) in [7, 11) is -3.76. The first-order chi connectivity index (χ1) is 12.8. The van der Waals surface area contributed by atoms with Crippen LogP contribution in [0.2, 0.25) is 10.2 Å². The van der Waals surface area contributed by atoms with E-state index in [1.807, 2.05) is 22.9 Å². The van der Waals surface area contributed by atoms with Gasteiger partial charge in [-0.25, -0.2) is 23.5 Å². The number of nitrogens with zero attached hydrogens (tertiary/aromatic N) is 3. The fourth-order valence-corrected chi connectivity index (χ4v) is 3.74. The molecular weight excluding hydrogens is 407 g/mol. The Morgan fingerprint density at radius 3 is 2.22 bits per heavy atom. The molecule has 2 N–H and O–H groups in total. The molecule has 0 bridgehead atoms. The Balaban J connectivity index is 1.94. The summed E-state index contributed by atoms with van der Waals surface area (Å²) in [5.41, 5.74) is 3.05. The Morgan fingerprint density at radius 2 is 1.59 bits per heavy atom. The second-order valence-electron chi connectivity index (χ2n) is 5.82. The van der Waals surface area contributed by atoms with E-state index in [1.165, 1.54) is 18.5 Å². The van der Waals surface area contributed by atoms with Gasteiger partial charge in [-0.15, -0.1) is 0 Å². The maximum Gasteiger partial charge on any atom is 0.238 e. The number of hydrogen-bond acceptors (Lipinski definition) is 4. The number of aromatic nitrogens is 3. The van der Waals surface area contributed by atoms with Crippen LogP contribution in [0.15, 0.2) is 66.0 Å². The van der Waals surface area contributed by atoms with E-state index in [9.17, 15) is 8.42 Å². The van der Waals surface area contributed by atoms with Crippen LogP contribution in [0.5, 0.6) is 0 Å². The predicted molar refractivity (Wildman–Crippen MR) is 106 cm³/mol. The van der Waals surface area contributed by atoms with E-state index in [-0.39, 0.29) is 4.90 Å². The number of benzene rings is 2. The molecule has 2 aromatic carbocycles. The minimum Gasteiger partial charge on any atom is -0.301 e. The van der Waals surface area contributed by atoms with Crippen molar-refractivity contribution in [2.24, 2.45) is 5.14 Å². The zero-order valence-electron chi connectivity index (χ0n) is 13.7. The average Bonchev–Trinajstić information content (AvgIpc) is 3.03. The van der Waals surface area contributed by atoms with E-state index >= 15 is 0 Å². The first kappa shape index (κ1) is 17.9. The number of hydrogen-bond donors (Lipinski definition) is 1. The lowest BCUT2D eigenvalue weighted by Gasteiger charge is -2.05. The van der Waals surface area contributed by atoms with Crippen molar-refractivity contribution in [1.82, 2.24) is 14.5 Å². The second-order valence-corrected chi connectivity index (χ2v) is 8.18. The van der Waals surface area contributed by atoms with E-state index in [0.717, 1.165) is 11.1 Å². The van der Waals surface area contributed by atoms with Crippen LogP contribution >= 0.6 is 23.2 Å². The number of halogens is 2. The van der Waals surface area contributed by atoms with Crippen molar-refractivity contribution in [3.05, 3.63) is 71.2 Å². The molecule has 9 heteroatoms. The van der Waals surface area contributed by atoms with Crippen molar-refractivity contribution in [2.75, 3.05) is 0 Å². The molecule has 0 saturated heterocycles. The molecule has 27 heavy (non-hydrogen) atoms. The van der Waals surface area contributed by atoms with Crippen LogP contribution < -0.4 is 5.14 Å². The lowest BCUT2D eigenvalue weighted by atomic mass is 10.1. The lowest BCUT2D eigenvalue weighted by Crippen LogP contribution is -2.12. The standard InChI is InChI=1S/C18H12Cl2N4O2S/c19-12-3-1-11(2-4-12)15-9-24(18-16(15)17(20)22-10-23-18)13-5-7-14(8-6-13)27(21,25)26/h1-10H,(H2,21,25,26). The maximum atomic E-state index is 11.5. The highest BCUT2D eigenvalue weighted by atomic mass is 35.5. The molecule has 0 amide bonds. The van der Waals surface area contributed by atoms with Crippen LogP contribution in [0, 0.1) is 0 Å². The fraction of sp³-hybridized carbons (Fsp3) is 0. The Hall–Kier alpha value is -2.45. The van der Waals surface area contributed by atoms with Crippen LogP contribution in [0.1, 0.15) is 0 Å². The summed E-state index contributed by atoms with van der Waals surface area (Å²) in [5.74, 6) is 0. The summed E-state index contributed by atoms with van der Waals surface area (Å²) in [6.45, 7) is 0. The highest BCUT2D eigenvalue weighted by Gasteiger charge is 2.17. The summed E-state index contributed by atoms with van der Waals surface area (Å²) < 4.78 is 24.8. The number of primary sulfonamides is 1. The summed E-state index contributed by atoms with van der Waals surface area (Å²) >= 11 is 12.3. The van der Waals surface area contributed by atoms with Gasteiger partial charge in [0.2, 0.25) is 10.0 Å². The zero-order valence-corrected chi connectivity index (χ0v) is 16.0. The normalized spacial score (nSPS) is 11.8. The lowest BCUT2D eigenvalue weighted by molar-refractivity contribution is 0.598. The van der Waals surface area contributed by atoms with E-state index in [1.54, 1.807) is 24.3 Å². The van der Waals surface area contributed by atoms with Crippen molar-refractivity contribution >= 4 is 44.3 Å². The number of sulfonamides is 1. The van der Waals surface area contributed by atoms with Gasteiger partial charge < -0.3 is 4.57 Å². The third-order valence-electron chi connectivity index (χ3n) is 4.14. The highest BCUT2D eigenvalue weighted by molar-refractivity contribution is 7.89. The Kier molecular flexibility index (Phi) is 4.39. The molecule has 4 rings (SSSR count). The van der Waals surface area contributed by atoms with Crippen molar-refractivity contribution in [3.8, 4) is 16.8 Å². The highest BCUT2D eigenvalue weighted by Crippen LogP contribution is 2.35. The van der Waals surface area contributed by atoms with Gasteiger partial charge in [0.15, 0.2) is 0 Å². The molecule has 4 aromatic rings. The van der Waals surface area contributed by atoms with Crippen molar-refractivity contribution < 1.29 is 8.42 Å². The van der Waals surface area contributed by atoms with Crippen molar-refractivity contribution in [1.29, 1.82) is 0 Å². The summed E-state index contributed by atoms with van der Waals surface area (Å²) in [4.78, 5) is 8.47. The number of nitrogens with two attached hydrogens (primary N) is 1. The summed E-state index contributed by atoms with van der Waals surface area (Å²) in [6.07, 6.45) is 3.26. The molecule has 0 unspecified atom stereocenters.